The van der Waals surface area contributed by atoms with Crippen molar-refractivity contribution in [1.29, 1.82) is 0 Å². The summed E-state index contributed by atoms with van der Waals surface area (Å²) in [6.07, 6.45) is 3.75. The van der Waals surface area contributed by atoms with Gasteiger partial charge in [-0.15, -0.1) is 22.7 Å². The van der Waals surface area contributed by atoms with Crippen LogP contribution in [-0.4, -0.2) is 42.5 Å². The number of nitrogens with one attached hydrogen (secondary N) is 1. The molecule has 2 aliphatic rings. The average molecular weight is 498 g/mol. The van der Waals surface area contributed by atoms with Crippen LogP contribution in [0.15, 0.2) is 29.1 Å². The maximum atomic E-state index is 13.1. The first-order valence-corrected chi connectivity index (χ1v) is 12.9. The van der Waals surface area contributed by atoms with Crippen LogP contribution in [0.25, 0.3) is 11.3 Å². The van der Waals surface area contributed by atoms with Gasteiger partial charge in [-0.1, -0.05) is 0 Å². The lowest BCUT2D eigenvalue weighted by Crippen LogP contribution is -2.43. The van der Waals surface area contributed by atoms with Crippen molar-refractivity contribution in [2.24, 2.45) is 0 Å². The summed E-state index contributed by atoms with van der Waals surface area (Å²) in [5.41, 5.74) is 5.31. The number of esters is 1. The Hall–Kier alpha value is -3.24. The molecule has 0 fully saturated rings. The van der Waals surface area contributed by atoms with Crippen LogP contribution in [0.2, 0.25) is 0 Å². The van der Waals surface area contributed by atoms with E-state index in [-0.39, 0.29) is 31.6 Å². The molecule has 5 rings (SSSR count). The number of rotatable bonds is 6. The molecule has 8 nitrogen and oxygen atoms in total. The number of fused-ring (bicyclic) bond motifs is 2. The van der Waals surface area contributed by atoms with Crippen molar-refractivity contribution in [3.05, 3.63) is 45.1 Å². The molecule has 1 aliphatic carbocycles. The molecule has 1 aliphatic heterocycles. The van der Waals surface area contributed by atoms with Crippen molar-refractivity contribution < 1.29 is 23.9 Å². The van der Waals surface area contributed by atoms with Crippen molar-refractivity contribution in [2.45, 2.75) is 32.6 Å². The van der Waals surface area contributed by atoms with Gasteiger partial charge in [0.1, 0.15) is 17.3 Å². The molecular weight excluding hydrogens is 474 g/mol. The van der Waals surface area contributed by atoms with Crippen molar-refractivity contribution in [1.82, 2.24) is 4.98 Å². The second kappa shape index (κ2) is 9.55. The summed E-state index contributed by atoms with van der Waals surface area (Å²) in [6.45, 7) is 1.69. The Morgan fingerprint density at radius 1 is 1.26 bits per heavy atom. The fourth-order valence-electron chi connectivity index (χ4n) is 4.27. The SMILES string of the molecule is CCOC(=O)c1c(NC(=O)CN2C(=O)COc3ccc(-c4cscn4)cc32)sc2c1CCCC2. The van der Waals surface area contributed by atoms with Crippen molar-refractivity contribution in [3.63, 3.8) is 0 Å². The number of ether oxygens (including phenoxy) is 2. The summed E-state index contributed by atoms with van der Waals surface area (Å²) in [5, 5.41) is 5.29. The maximum Gasteiger partial charge on any atom is 0.341 e. The van der Waals surface area contributed by atoms with E-state index in [0.717, 1.165) is 47.4 Å². The number of carbonyl (C=O) groups excluding carboxylic acids is 3. The fraction of sp³-hybridized carbons (Fsp3) is 0.333. The number of amides is 2. The van der Waals surface area contributed by atoms with Crippen LogP contribution < -0.4 is 15.0 Å². The van der Waals surface area contributed by atoms with Gasteiger partial charge in [-0.3, -0.25) is 14.5 Å². The summed E-state index contributed by atoms with van der Waals surface area (Å²) >= 11 is 2.91. The highest BCUT2D eigenvalue weighted by molar-refractivity contribution is 7.17. The third-order valence-corrected chi connectivity index (χ3v) is 7.63. The Bertz CT molecular complexity index is 1250. The highest BCUT2D eigenvalue weighted by Crippen LogP contribution is 2.39. The lowest BCUT2D eigenvalue weighted by Gasteiger charge is -2.29. The number of nitrogens with zero attached hydrogens (tertiary/aromatic N) is 2. The molecule has 0 saturated carbocycles. The lowest BCUT2D eigenvalue weighted by molar-refractivity contribution is -0.123. The van der Waals surface area contributed by atoms with Crippen molar-refractivity contribution >= 4 is 51.1 Å². The number of carbonyl (C=O) groups is 3. The van der Waals surface area contributed by atoms with E-state index in [1.54, 1.807) is 18.5 Å². The van der Waals surface area contributed by atoms with Gasteiger partial charge in [0.25, 0.3) is 5.91 Å². The summed E-state index contributed by atoms with van der Waals surface area (Å²) in [5.74, 6) is -0.582. The van der Waals surface area contributed by atoms with Crippen LogP contribution in [0.4, 0.5) is 10.7 Å². The molecule has 0 unspecified atom stereocenters. The Morgan fingerprint density at radius 2 is 2.12 bits per heavy atom. The summed E-state index contributed by atoms with van der Waals surface area (Å²) in [6, 6.07) is 5.47. The maximum absolute atomic E-state index is 13.1. The third-order valence-electron chi connectivity index (χ3n) is 5.84. The van der Waals surface area contributed by atoms with E-state index in [1.807, 2.05) is 17.5 Å². The highest BCUT2D eigenvalue weighted by atomic mass is 32.1. The second-order valence-corrected chi connectivity index (χ2v) is 9.83. The van der Waals surface area contributed by atoms with Gasteiger partial charge >= 0.3 is 5.97 Å². The molecule has 3 heterocycles. The third kappa shape index (κ3) is 4.30. The van der Waals surface area contributed by atoms with Crippen LogP contribution in [-0.2, 0) is 27.2 Å². The number of aromatic nitrogens is 1. The molecule has 2 aromatic heterocycles. The van der Waals surface area contributed by atoms with E-state index in [4.69, 9.17) is 9.47 Å². The Balaban J connectivity index is 1.41. The molecule has 0 atom stereocenters. The van der Waals surface area contributed by atoms with E-state index in [1.165, 1.54) is 27.6 Å². The fourth-order valence-corrected chi connectivity index (χ4v) is 6.13. The van der Waals surface area contributed by atoms with E-state index in [2.05, 4.69) is 10.3 Å². The predicted octanol–water partition coefficient (Wildman–Crippen LogP) is 4.29. The molecule has 0 saturated heterocycles. The van der Waals surface area contributed by atoms with E-state index < -0.39 is 5.97 Å². The van der Waals surface area contributed by atoms with Crippen LogP contribution in [0.1, 0.15) is 40.6 Å². The van der Waals surface area contributed by atoms with Gasteiger partial charge in [0.2, 0.25) is 5.91 Å². The van der Waals surface area contributed by atoms with Crippen LogP contribution in [0.3, 0.4) is 0 Å². The minimum Gasteiger partial charge on any atom is -0.482 e. The number of anilines is 2. The van der Waals surface area contributed by atoms with Crippen LogP contribution in [0, 0.1) is 0 Å². The number of hydrogen-bond donors (Lipinski definition) is 1. The van der Waals surface area contributed by atoms with Gasteiger partial charge in [-0.05, 0) is 56.4 Å². The van der Waals surface area contributed by atoms with Crippen LogP contribution >= 0.6 is 22.7 Å². The van der Waals surface area contributed by atoms with Crippen molar-refractivity contribution in [2.75, 3.05) is 30.0 Å². The number of aryl methyl sites for hydroxylation is 1. The molecule has 1 aromatic carbocycles. The zero-order valence-electron chi connectivity index (χ0n) is 18.6. The highest BCUT2D eigenvalue weighted by Gasteiger charge is 2.30. The number of benzene rings is 1. The first-order chi connectivity index (χ1) is 16.5. The minimum atomic E-state index is -0.419. The standard InChI is InChI=1S/C24H23N3O5S2/c1-2-31-24(30)22-15-5-3-4-6-19(15)34-23(22)26-20(28)10-27-17-9-14(16-12-33-13-25-16)7-8-18(17)32-11-21(27)29/h7-9,12-13H,2-6,10-11H2,1H3,(H,26,28). The van der Waals surface area contributed by atoms with Gasteiger partial charge in [-0.25, -0.2) is 9.78 Å². The van der Waals surface area contributed by atoms with Crippen LogP contribution in [0.5, 0.6) is 5.75 Å². The minimum absolute atomic E-state index is 0.141. The molecule has 176 valence electrons. The zero-order valence-corrected chi connectivity index (χ0v) is 20.2. The zero-order chi connectivity index (χ0) is 23.7. The normalized spacial score (nSPS) is 14.7. The van der Waals surface area contributed by atoms with Gasteiger partial charge in [0.05, 0.1) is 29.1 Å². The molecule has 0 bridgehead atoms. The number of thiazole rings is 1. The first-order valence-electron chi connectivity index (χ1n) is 11.1. The number of hydrogen-bond acceptors (Lipinski definition) is 8. The molecule has 3 aromatic rings. The van der Waals surface area contributed by atoms with Gasteiger partial charge in [-0.2, -0.15) is 0 Å². The largest absolute Gasteiger partial charge is 0.482 e. The van der Waals surface area contributed by atoms with Crippen molar-refractivity contribution in [3.8, 4) is 17.0 Å². The van der Waals surface area contributed by atoms with Gasteiger partial charge in [0.15, 0.2) is 6.61 Å². The summed E-state index contributed by atoms with van der Waals surface area (Å²) in [7, 11) is 0. The first kappa shape index (κ1) is 22.5. The quantitative estimate of drug-likeness (QED) is 0.510. The molecule has 2 amide bonds. The smallest absolute Gasteiger partial charge is 0.341 e. The van der Waals surface area contributed by atoms with E-state index in [9.17, 15) is 14.4 Å². The molecular formula is C24H23N3O5S2. The van der Waals surface area contributed by atoms with Gasteiger partial charge in [0, 0.05) is 15.8 Å². The Labute approximate surface area is 204 Å². The monoisotopic (exact) mass is 497 g/mol. The molecule has 1 N–H and O–H groups in total. The second-order valence-electron chi connectivity index (χ2n) is 8.01. The van der Waals surface area contributed by atoms with E-state index in [0.29, 0.717) is 22.0 Å². The molecule has 34 heavy (non-hydrogen) atoms. The predicted molar refractivity (Wildman–Crippen MR) is 131 cm³/mol. The Morgan fingerprint density at radius 3 is 2.91 bits per heavy atom. The van der Waals surface area contributed by atoms with E-state index >= 15 is 0 Å². The topological polar surface area (TPSA) is 97.8 Å². The number of thiophene rings is 1. The lowest BCUT2D eigenvalue weighted by atomic mass is 9.95. The summed E-state index contributed by atoms with van der Waals surface area (Å²) < 4.78 is 10.8. The molecule has 0 radical (unpaired) electrons. The molecule has 10 heteroatoms. The molecule has 0 spiro atoms. The van der Waals surface area contributed by atoms with Gasteiger partial charge < -0.3 is 14.8 Å². The average Bonchev–Trinajstić information content (AvgIpc) is 3.49. The summed E-state index contributed by atoms with van der Waals surface area (Å²) in [4.78, 5) is 45.3. The Kier molecular flexibility index (Phi) is 6.34.